The molecule has 0 saturated carbocycles. The first-order chi connectivity index (χ1) is 16.3. The number of nitrogens with zero attached hydrogens (tertiary/aromatic N) is 4. The summed E-state index contributed by atoms with van der Waals surface area (Å²) in [5.41, 5.74) is 0.476. The van der Waals surface area contributed by atoms with Crippen molar-refractivity contribution in [3.05, 3.63) is 74.7 Å². The summed E-state index contributed by atoms with van der Waals surface area (Å²) in [4.78, 5) is 26.2. The van der Waals surface area contributed by atoms with Crippen molar-refractivity contribution in [2.45, 2.75) is 6.42 Å². The summed E-state index contributed by atoms with van der Waals surface area (Å²) in [6.07, 6.45) is 2.41. The van der Waals surface area contributed by atoms with Crippen molar-refractivity contribution in [3.63, 3.8) is 0 Å². The Labute approximate surface area is 205 Å². The Kier molecular flexibility index (Phi) is 7.16. The molecule has 34 heavy (non-hydrogen) atoms. The summed E-state index contributed by atoms with van der Waals surface area (Å²) < 4.78 is 6.84. The molecule has 0 aliphatic carbocycles. The van der Waals surface area contributed by atoms with Gasteiger partial charge in [0, 0.05) is 18.4 Å². The molecule has 0 amide bonds. The number of aromatic nitrogens is 4. The second kappa shape index (κ2) is 10.3. The number of benzene rings is 2. The fourth-order valence-electron chi connectivity index (χ4n) is 3.34. The second-order valence-electron chi connectivity index (χ2n) is 7.79. The average molecular weight is 500 g/mol. The van der Waals surface area contributed by atoms with E-state index >= 15 is 0 Å². The maximum absolute atomic E-state index is 12.8. The largest absolute Gasteiger partial charge is 0.494 e. The summed E-state index contributed by atoms with van der Waals surface area (Å²) in [5.74, 6) is 1.05. The smallest absolute Gasteiger partial charge is 0.333 e. The number of anilines is 2. The molecule has 2 aromatic carbocycles. The minimum absolute atomic E-state index is 0.129. The summed E-state index contributed by atoms with van der Waals surface area (Å²) >= 11 is 12.5. The lowest BCUT2D eigenvalue weighted by molar-refractivity contribution is 0.281. The van der Waals surface area contributed by atoms with Gasteiger partial charge in [0.15, 0.2) is 5.65 Å². The number of fused-ring (bicyclic) bond motifs is 1. The lowest BCUT2D eigenvalue weighted by Crippen LogP contribution is -2.34. The van der Waals surface area contributed by atoms with Crippen LogP contribution in [-0.4, -0.2) is 51.7 Å². The first-order valence-corrected chi connectivity index (χ1v) is 11.2. The van der Waals surface area contributed by atoms with Gasteiger partial charge in [0.25, 0.3) is 0 Å². The third kappa shape index (κ3) is 5.22. The van der Waals surface area contributed by atoms with Crippen LogP contribution < -0.4 is 21.2 Å². The molecule has 11 heteroatoms. The number of para-hydroxylation sites is 1. The van der Waals surface area contributed by atoms with Crippen LogP contribution in [0.3, 0.4) is 0 Å². The van der Waals surface area contributed by atoms with Gasteiger partial charge in [-0.1, -0.05) is 29.3 Å². The van der Waals surface area contributed by atoms with E-state index in [0.717, 1.165) is 29.0 Å². The zero-order valence-electron chi connectivity index (χ0n) is 18.6. The Hall–Kier alpha value is -3.40. The van der Waals surface area contributed by atoms with Gasteiger partial charge in [-0.05, 0) is 56.9 Å². The van der Waals surface area contributed by atoms with Crippen LogP contribution in [0.1, 0.15) is 6.42 Å². The van der Waals surface area contributed by atoms with Gasteiger partial charge in [-0.25, -0.2) is 14.3 Å². The van der Waals surface area contributed by atoms with Crippen LogP contribution in [0.15, 0.2) is 53.5 Å². The molecule has 0 fully saturated rings. The normalized spacial score (nSPS) is 11.2. The van der Waals surface area contributed by atoms with Gasteiger partial charge in [0.2, 0.25) is 5.95 Å². The van der Waals surface area contributed by atoms with E-state index < -0.39 is 5.69 Å². The average Bonchev–Trinajstić information content (AvgIpc) is 2.79. The van der Waals surface area contributed by atoms with Crippen LogP contribution in [0.5, 0.6) is 5.75 Å². The van der Waals surface area contributed by atoms with E-state index in [4.69, 9.17) is 33.3 Å². The Morgan fingerprint density at radius 3 is 2.53 bits per heavy atom. The SMILES string of the molecule is CN(C)CCCOc1ccc(Nc2ncc3c(=N)n(-c4c(Cl)cccc4Cl)c(=O)[nH]c3n2)cc1. The number of hydrogen-bond donors (Lipinski definition) is 3. The van der Waals surface area contributed by atoms with Crippen molar-refractivity contribution in [1.82, 2.24) is 24.4 Å². The molecule has 0 saturated heterocycles. The molecular weight excluding hydrogens is 477 g/mol. The molecule has 2 heterocycles. The van der Waals surface area contributed by atoms with Gasteiger partial charge in [0.05, 0.1) is 27.7 Å². The van der Waals surface area contributed by atoms with Crippen molar-refractivity contribution in [3.8, 4) is 11.4 Å². The van der Waals surface area contributed by atoms with Gasteiger partial charge in [0.1, 0.15) is 11.2 Å². The van der Waals surface area contributed by atoms with Crippen LogP contribution in [0.2, 0.25) is 10.0 Å². The number of H-pyrrole nitrogens is 1. The van der Waals surface area contributed by atoms with E-state index in [-0.39, 0.29) is 32.8 Å². The summed E-state index contributed by atoms with van der Waals surface area (Å²) in [5, 5.41) is 12.5. The summed E-state index contributed by atoms with van der Waals surface area (Å²) in [6, 6.07) is 12.3. The summed E-state index contributed by atoms with van der Waals surface area (Å²) in [6.45, 7) is 1.60. The number of halogens is 2. The molecule has 0 spiro atoms. The van der Waals surface area contributed by atoms with Gasteiger partial charge in [-0.2, -0.15) is 4.98 Å². The first-order valence-electron chi connectivity index (χ1n) is 10.5. The Morgan fingerprint density at radius 2 is 1.85 bits per heavy atom. The molecule has 0 unspecified atom stereocenters. The molecule has 9 nitrogen and oxygen atoms in total. The molecule has 4 rings (SSSR count). The van der Waals surface area contributed by atoms with Crippen molar-refractivity contribution in [1.29, 1.82) is 5.41 Å². The van der Waals surface area contributed by atoms with E-state index in [1.807, 2.05) is 38.4 Å². The predicted octanol–water partition coefficient (Wildman–Crippen LogP) is 3.97. The lowest BCUT2D eigenvalue weighted by Gasteiger charge is -2.12. The van der Waals surface area contributed by atoms with Crippen molar-refractivity contribution in [2.24, 2.45) is 0 Å². The second-order valence-corrected chi connectivity index (χ2v) is 8.61. The number of nitrogens with one attached hydrogen (secondary N) is 3. The predicted molar refractivity (Wildman–Crippen MR) is 134 cm³/mol. The van der Waals surface area contributed by atoms with Crippen molar-refractivity contribution < 1.29 is 4.74 Å². The topological polar surface area (TPSA) is 112 Å². The minimum Gasteiger partial charge on any atom is -0.494 e. The lowest BCUT2D eigenvalue weighted by atomic mass is 10.3. The third-order valence-corrected chi connectivity index (χ3v) is 5.60. The Bertz CT molecular complexity index is 1410. The fraction of sp³-hybridized carbons (Fsp3) is 0.217. The fourth-order valence-corrected chi connectivity index (χ4v) is 3.91. The van der Waals surface area contributed by atoms with Crippen LogP contribution in [0, 0.1) is 5.41 Å². The van der Waals surface area contributed by atoms with E-state index in [2.05, 4.69) is 25.2 Å². The van der Waals surface area contributed by atoms with Gasteiger partial charge in [-0.15, -0.1) is 0 Å². The molecule has 0 radical (unpaired) electrons. The van der Waals surface area contributed by atoms with Crippen LogP contribution >= 0.6 is 23.2 Å². The van der Waals surface area contributed by atoms with Crippen molar-refractivity contribution >= 4 is 45.9 Å². The standard InChI is InChI=1S/C23H23Cl2N7O2/c1-31(2)11-4-12-34-15-9-7-14(8-10-15)28-22-27-13-16-20(26)32(23(33)30-21(16)29-22)19-17(24)5-3-6-18(19)25/h3,5-10,13,26H,4,11-12H2,1-2H3,(H2,27,28,29,30,33). The number of rotatable bonds is 8. The molecule has 0 bridgehead atoms. The number of aromatic amines is 1. The van der Waals surface area contributed by atoms with Crippen LogP contribution in [0.4, 0.5) is 11.6 Å². The van der Waals surface area contributed by atoms with Crippen LogP contribution in [-0.2, 0) is 0 Å². The maximum Gasteiger partial charge on any atom is 0.333 e. The Morgan fingerprint density at radius 1 is 1.15 bits per heavy atom. The highest BCUT2D eigenvalue weighted by molar-refractivity contribution is 6.37. The van der Waals surface area contributed by atoms with Gasteiger partial charge >= 0.3 is 5.69 Å². The summed E-state index contributed by atoms with van der Waals surface area (Å²) in [7, 11) is 4.06. The maximum atomic E-state index is 12.8. The molecule has 176 valence electrons. The van der Waals surface area contributed by atoms with Gasteiger partial charge in [-0.3, -0.25) is 10.4 Å². The zero-order chi connectivity index (χ0) is 24.2. The van der Waals surface area contributed by atoms with Crippen molar-refractivity contribution in [2.75, 3.05) is 32.6 Å². The highest BCUT2D eigenvalue weighted by atomic mass is 35.5. The number of ether oxygens (including phenoxy) is 1. The van der Waals surface area contributed by atoms with E-state index in [9.17, 15) is 4.79 Å². The minimum atomic E-state index is -0.590. The van der Waals surface area contributed by atoms with Crippen LogP contribution in [0.25, 0.3) is 16.7 Å². The van der Waals surface area contributed by atoms with E-state index in [0.29, 0.717) is 12.0 Å². The zero-order valence-corrected chi connectivity index (χ0v) is 20.1. The molecular formula is C23H23Cl2N7O2. The highest BCUT2D eigenvalue weighted by Gasteiger charge is 2.15. The van der Waals surface area contributed by atoms with E-state index in [1.54, 1.807) is 18.2 Å². The molecule has 3 N–H and O–H groups in total. The Balaban J connectivity index is 1.56. The van der Waals surface area contributed by atoms with Gasteiger partial charge < -0.3 is 15.0 Å². The molecule has 0 aliphatic heterocycles. The monoisotopic (exact) mass is 499 g/mol. The quantitative estimate of drug-likeness (QED) is 0.316. The highest BCUT2D eigenvalue weighted by Crippen LogP contribution is 2.26. The first kappa shape index (κ1) is 23.7. The molecule has 0 aliphatic rings. The molecule has 0 atom stereocenters. The van der Waals surface area contributed by atoms with E-state index in [1.165, 1.54) is 6.20 Å². The number of hydrogen-bond acceptors (Lipinski definition) is 7. The molecule has 4 aromatic rings. The third-order valence-electron chi connectivity index (χ3n) is 4.99. The molecule has 2 aromatic heterocycles.